The van der Waals surface area contributed by atoms with Crippen molar-refractivity contribution in [1.29, 1.82) is 0 Å². The van der Waals surface area contributed by atoms with Crippen LogP contribution in [0.5, 0.6) is 0 Å². The highest BCUT2D eigenvalue weighted by atomic mass is 32.1. The SMILES string of the molecule is CC#Cc1cncc(-c2csc(C3(C)CC4(COC4)OC(N)=N3)c2)c1. The highest BCUT2D eigenvalue weighted by molar-refractivity contribution is 7.10. The van der Waals surface area contributed by atoms with Gasteiger partial charge in [0, 0.05) is 34.8 Å². The van der Waals surface area contributed by atoms with Crippen LogP contribution in [0.15, 0.2) is 34.9 Å². The fraction of sp³-hybridized carbons (Fsp3) is 0.368. The molecule has 25 heavy (non-hydrogen) atoms. The molecule has 4 heterocycles. The first-order chi connectivity index (χ1) is 12.0. The van der Waals surface area contributed by atoms with Gasteiger partial charge in [0.25, 0.3) is 6.02 Å². The number of aromatic nitrogens is 1. The molecule has 0 aromatic carbocycles. The van der Waals surface area contributed by atoms with Gasteiger partial charge in [-0.25, -0.2) is 4.99 Å². The highest BCUT2D eigenvalue weighted by Crippen LogP contribution is 2.45. The minimum atomic E-state index is -0.400. The molecule has 0 saturated carbocycles. The molecule has 2 aromatic rings. The zero-order chi connectivity index (χ0) is 17.5. The van der Waals surface area contributed by atoms with Gasteiger partial charge in [0.05, 0.1) is 13.2 Å². The van der Waals surface area contributed by atoms with E-state index in [4.69, 9.17) is 15.2 Å². The number of amidine groups is 1. The summed E-state index contributed by atoms with van der Waals surface area (Å²) in [5, 5.41) is 2.13. The van der Waals surface area contributed by atoms with E-state index in [-0.39, 0.29) is 11.6 Å². The second kappa shape index (κ2) is 5.87. The van der Waals surface area contributed by atoms with Crippen molar-refractivity contribution in [2.75, 3.05) is 13.2 Å². The molecule has 0 amide bonds. The summed E-state index contributed by atoms with van der Waals surface area (Å²) in [6.45, 7) is 5.07. The van der Waals surface area contributed by atoms with Crippen LogP contribution in [0.1, 0.15) is 30.7 Å². The first kappa shape index (κ1) is 16.1. The molecule has 1 unspecified atom stereocenters. The second-order valence-corrected chi connectivity index (χ2v) is 7.63. The van der Waals surface area contributed by atoms with Crippen LogP contribution in [-0.2, 0) is 15.0 Å². The molecule has 0 radical (unpaired) electrons. The topological polar surface area (TPSA) is 69.7 Å². The Kier molecular flexibility index (Phi) is 3.78. The number of nitrogens with zero attached hydrogens (tertiary/aromatic N) is 2. The number of aliphatic imine (C=N–C) groups is 1. The van der Waals surface area contributed by atoms with Crippen LogP contribution in [0.4, 0.5) is 0 Å². The molecule has 2 aromatic heterocycles. The molecule has 128 valence electrons. The smallest absolute Gasteiger partial charge is 0.283 e. The molecular weight excluding hydrogens is 334 g/mol. The van der Waals surface area contributed by atoms with Crippen molar-refractivity contribution in [1.82, 2.24) is 4.98 Å². The minimum absolute atomic E-state index is 0.244. The van der Waals surface area contributed by atoms with E-state index in [2.05, 4.69) is 46.3 Å². The number of hydrogen-bond donors (Lipinski definition) is 1. The average molecular weight is 353 g/mol. The molecule has 1 fully saturated rings. The Morgan fingerprint density at radius 2 is 2.08 bits per heavy atom. The van der Waals surface area contributed by atoms with Gasteiger partial charge in [0.2, 0.25) is 0 Å². The maximum atomic E-state index is 5.96. The van der Waals surface area contributed by atoms with Gasteiger partial charge in [-0.15, -0.1) is 17.3 Å². The van der Waals surface area contributed by atoms with Gasteiger partial charge in [0.1, 0.15) is 5.54 Å². The number of thiophene rings is 1. The Hall–Kier alpha value is -2.36. The van der Waals surface area contributed by atoms with Crippen molar-refractivity contribution in [2.24, 2.45) is 10.7 Å². The standard InChI is InChI=1S/C19H19N3O2S/c1-3-4-13-5-14(8-21-7-13)15-6-16(25-9-15)18(2)10-19(11-23-12-19)24-17(20)22-18/h5-9H,10-12H2,1-2H3,(H2,20,22). The molecule has 1 saturated heterocycles. The predicted octanol–water partition coefficient (Wildman–Crippen LogP) is 2.90. The van der Waals surface area contributed by atoms with E-state index in [0.29, 0.717) is 13.2 Å². The van der Waals surface area contributed by atoms with E-state index in [0.717, 1.165) is 28.0 Å². The summed E-state index contributed by atoms with van der Waals surface area (Å²) in [6, 6.07) is 4.47. The van der Waals surface area contributed by atoms with Gasteiger partial charge >= 0.3 is 0 Å². The molecule has 2 N–H and O–H groups in total. The van der Waals surface area contributed by atoms with E-state index >= 15 is 0 Å². The van der Waals surface area contributed by atoms with E-state index < -0.39 is 5.54 Å². The third-order valence-electron chi connectivity index (χ3n) is 4.55. The predicted molar refractivity (Wildman–Crippen MR) is 98.3 cm³/mol. The number of rotatable bonds is 2. The molecular formula is C19H19N3O2S. The molecule has 2 aliphatic heterocycles. The number of ether oxygens (including phenoxy) is 2. The van der Waals surface area contributed by atoms with Crippen molar-refractivity contribution in [3.8, 4) is 23.0 Å². The minimum Gasteiger partial charge on any atom is -0.454 e. The van der Waals surface area contributed by atoms with Crippen LogP contribution in [0.3, 0.4) is 0 Å². The number of nitrogens with two attached hydrogens (primary N) is 1. The van der Waals surface area contributed by atoms with Crippen LogP contribution in [0, 0.1) is 11.8 Å². The molecule has 2 aliphatic rings. The fourth-order valence-electron chi connectivity index (χ4n) is 3.40. The molecule has 1 atom stereocenters. The lowest BCUT2D eigenvalue weighted by Crippen LogP contribution is -2.59. The maximum Gasteiger partial charge on any atom is 0.283 e. The lowest BCUT2D eigenvalue weighted by Gasteiger charge is -2.47. The summed E-state index contributed by atoms with van der Waals surface area (Å²) < 4.78 is 11.1. The lowest BCUT2D eigenvalue weighted by molar-refractivity contribution is -0.186. The molecule has 1 spiro atoms. The number of hydrogen-bond acceptors (Lipinski definition) is 6. The van der Waals surface area contributed by atoms with Crippen molar-refractivity contribution < 1.29 is 9.47 Å². The van der Waals surface area contributed by atoms with Crippen LogP contribution in [0.25, 0.3) is 11.1 Å². The van der Waals surface area contributed by atoms with Crippen molar-refractivity contribution in [3.63, 3.8) is 0 Å². The van der Waals surface area contributed by atoms with Gasteiger partial charge in [0.15, 0.2) is 5.60 Å². The maximum absolute atomic E-state index is 5.96. The first-order valence-electron chi connectivity index (χ1n) is 8.11. The lowest BCUT2D eigenvalue weighted by atomic mass is 9.82. The Bertz CT molecular complexity index is 905. The van der Waals surface area contributed by atoms with E-state index in [9.17, 15) is 0 Å². The molecule has 4 rings (SSSR count). The van der Waals surface area contributed by atoms with Crippen LogP contribution >= 0.6 is 11.3 Å². The van der Waals surface area contributed by atoms with Gasteiger partial charge in [-0.1, -0.05) is 5.92 Å². The Morgan fingerprint density at radius 1 is 1.24 bits per heavy atom. The van der Waals surface area contributed by atoms with E-state index in [1.807, 2.05) is 13.1 Å². The van der Waals surface area contributed by atoms with Gasteiger partial charge in [-0.2, -0.15) is 0 Å². The Balaban J connectivity index is 1.67. The van der Waals surface area contributed by atoms with Crippen molar-refractivity contribution in [3.05, 3.63) is 40.3 Å². The Labute approximate surface area is 150 Å². The molecule has 0 bridgehead atoms. The average Bonchev–Trinajstić information content (AvgIpc) is 3.04. The second-order valence-electron chi connectivity index (χ2n) is 6.72. The summed E-state index contributed by atoms with van der Waals surface area (Å²) in [5.74, 6) is 5.96. The summed E-state index contributed by atoms with van der Waals surface area (Å²) in [4.78, 5) is 10.1. The Morgan fingerprint density at radius 3 is 2.80 bits per heavy atom. The zero-order valence-electron chi connectivity index (χ0n) is 14.2. The highest BCUT2D eigenvalue weighted by Gasteiger charge is 2.51. The monoisotopic (exact) mass is 353 g/mol. The molecule has 0 aliphatic carbocycles. The van der Waals surface area contributed by atoms with Crippen LogP contribution < -0.4 is 5.73 Å². The summed E-state index contributed by atoms with van der Waals surface area (Å²) in [7, 11) is 0. The summed E-state index contributed by atoms with van der Waals surface area (Å²) in [5.41, 5.74) is 8.31. The van der Waals surface area contributed by atoms with Gasteiger partial charge < -0.3 is 15.2 Å². The van der Waals surface area contributed by atoms with E-state index in [1.165, 1.54) is 0 Å². The van der Waals surface area contributed by atoms with Crippen molar-refractivity contribution in [2.45, 2.75) is 31.4 Å². The largest absolute Gasteiger partial charge is 0.454 e. The zero-order valence-corrected chi connectivity index (χ0v) is 15.0. The van der Waals surface area contributed by atoms with Gasteiger partial charge in [-0.05, 0) is 36.9 Å². The first-order valence-corrected chi connectivity index (χ1v) is 8.99. The van der Waals surface area contributed by atoms with Crippen LogP contribution in [0.2, 0.25) is 0 Å². The third-order valence-corrected chi connectivity index (χ3v) is 5.73. The van der Waals surface area contributed by atoms with E-state index in [1.54, 1.807) is 17.5 Å². The van der Waals surface area contributed by atoms with Gasteiger partial charge in [-0.3, -0.25) is 4.98 Å². The third kappa shape index (κ3) is 2.90. The van der Waals surface area contributed by atoms with Crippen molar-refractivity contribution >= 4 is 17.4 Å². The summed E-state index contributed by atoms with van der Waals surface area (Å²) in [6.07, 6.45) is 4.40. The van der Waals surface area contributed by atoms with Crippen LogP contribution in [-0.4, -0.2) is 29.8 Å². The number of pyridine rings is 1. The fourth-order valence-corrected chi connectivity index (χ4v) is 4.43. The summed E-state index contributed by atoms with van der Waals surface area (Å²) >= 11 is 1.68. The molecule has 5 nitrogen and oxygen atoms in total. The quantitative estimate of drug-likeness (QED) is 0.843. The normalized spacial score (nSPS) is 23.8. The molecule has 6 heteroatoms.